The van der Waals surface area contributed by atoms with Crippen molar-refractivity contribution in [1.82, 2.24) is 9.47 Å². The number of nitrogen functional groups attached to an aromatic ring is 1. The van der Waals surface area contributed by atoms with E-state index in [9.17, 15) is 4.79 Å². The molecule has 1 fully saturated rings. The van der Waals surface area contributed by atoms with E-state index in [0.717, 1.165) is 25.3 Å². The van der Waals surface area contributed by atoms with Crippen LogP contribution >= 0.6 is 0 Å². The van der Waals surface area contributed by atoms with Gasteiger partial charge in [-0.25, -0.2) is 0 Å². The van der Waals surface area contributed by atoms with Crippen LogP contribution in [0.25, 0.3) is 0 Å². The highest BCUT2D eigenvalue weighted by Crippen LogP contribution is 2.27. The van der Waals surface area contributed by atoms with Gasteiger partial charge in [0.05, 0.1) is 5.69 Å². The number of aryl methyl sites for hydroxylation is 1. The molecule has 106 valence electrons. The molecule has 4 heteroatoms. The van der Waals surface area contributed by atoms with Gasteiger partial charge in [-0.3, -0.25) is 4.79 Å². The Hall–Kier alpha value is -1.45. The molecule has 0 aliphatic heterocycles. The van der Waals surface area contributed by atoms with Crippen LogP contribution in [0.1, 0.15) is 50.0 Å². The monoisotopic (exact) mass is 263 g/mol. The number of hydrogen-bond donors (Lipinski definition) is 1. The second-order valence-electron chi connectivity index (χ2n) is 5.79. The third-order valence-corrected chi connectivity index (χ3v) is 4.25. The minimum absolute atomic E-state index is 0.0950. The van der Waals surface area contributed by atoms with Crippen molar-refractivity contribution in [3.8, 4) is 0 Å². The van der Waals surface area contributed by atoms with Crippen LogP contribution in [0, 0.1) is 5.92 Å². The highest BCUT2D eigenvalue weighted by molar-refractivity contribution is 5.93. The zero-order valence-corrected chi connectivity index (χ0v) is 12.2. The number of hydrogen-bond acceptors (Lipinski definition) is 2. The molecule has 4 nitrogen and oxygen atoms in total. The highest BCUT2D eigenvalue weighted by Gasteiger charge is 2.27. The van der Waals surface area contributed by atoms with Gasteiger partial charge in [-0.2, -0.15) is 0 Å². The Morgan fingerprint density at radius 2 is 2.26 bits per heavy atom. The Bertz CT molecular complexity index is 452. The van der Waals surface area contributed by atoms with Crippen LogP contribution in [0.15, 0.2) is 12.3 Å². The quantitative estimate of drug-likeness (QED) is 0.911. The first-order valence-electron chi connectivity index (χ1n) is 7.25. The predicted octanol–water partition coefficient (Wildman–Crippen LogP) is 2.74. The SMILES string of the molecule is CCn1cc(N)cc1C(=O)N(C)C1CCCC(C)C1. The van der Waals surface area contributed by atoms with Gasteiger partial charge in [0.2, 0.25) is 0 Å². The summed E-state index contributed by atoms with van der Waals surface area (Å²) in [5.41, 5.74) is 7.17. The Kier molecular flexibility index (Phi) is 4.17. The Balaban J connectivity index is 2.13. The van der Waals surface area contributed by atoms with Gasteiger partial charge in [-0.1, -0.05) is 19.8 Å². The van der Waals surface area contributed by atoms with E-state index in [0.29, 0.717) is 17.4 Å². The average molecular weight is 263 g/mol. The van der Waals surface area contributed by atoms with E-state index in [1.54, 1.807) is 6.07 Å². The van der Waals surface area contributed by atoms with Gasteiger partial charge in [-0.15, -0.1) is 0 Å². The molecule has 1 saturated carbocycles. The van der Waals surface area contributed by atoms with E-state index in [1.165, 1.54) is 12.8 Å². The number of carbonyl (C=O) groups is 1. The zero-order chi connectivity index (χ0) is 14.0. The van der Waals surface area contributed by atoms with E-state index in [-0.39, 0.29) is 5.91 Å². The van der Waals surface area contributed by atoms with Crippen LogP contribution in [0.2, 0.25) is 0 Å². The van der Waals surface area contributed by atoms with Gasteiger partial charge in [0, 0.05) is 25.8 Å². The molecule has 0 radical (unpaired) electrons. The van der Waals surface area contributed by atoms with E-state index in [4.69, 9.17) is 5.73 Å². The number of nitrogens with two attached hydrogens (primary N) is 1. The molecule has 0 bridgehead atoms. The molecule has 1 amide bonds. The minimum Gasteiger partial charge on any atom is -0.397 e. The topological polar surface area (TPSA) is 51.3 Å². The minimum atomic E-state index is 0.0950. The maximum absolute atomic E-state index is 12.6. The number of rotatable bonds is 3. The lowest BCUT2D eigenvalue weighted by molar-refractivity contribution is 0.0661. The fourth-order valence-electron chi connectivity index (χ4n) is 3.07. The molecule has 1 aromatic rings. The number of carbonyl (C=O) groups excluding carboxylic acids is 1. The van der Waals surface area contributed by atoms with E-state index in [1.807, 2.05) is 29.6 Å². The predicted molar refractivity (Wildman–Crippen MR) is 78.0 cm³/mol. The van der Waals surface area contributed by atoms with E-state index < -0.39 is 0 Å². The van der Waals surface area contributed by atoms with Crippen LogP contribution in [0.4, 0.5) is 5.69 Å². The van der Waals surface area contributed by atoms with Crippen molar-refractivity contribution in [2.45, 2.75) is 52.1 Å². The second kappa shape index (κ2) is 5.68. The standard InChI is InChI=1S/C15H25N3O/c1-4-18-10-12(16)9-14(18)15(19)17(3)13-7-5-6-11(2)8-13/h9-11,13H,4-8,16H2,1-3H3. The van der Waals surface area contributed by atoms with Gasteiger partial charge in [0.1, 0.15) is 5.69 Å². The van der Waals surface area contributed by atoms with Crippen molar-refractivity contribution in [2.75, 3.05) is 12.8 Å². The maximum atomic E-state index is 12.6. The summed E-state index contributed by atoms with van der Waals surface area (Å²) >= 11 is 0. The second-order valence-corrected chi connectivity index (χ2v) is 5.79. The molecule has 1 aliphatic carbocycles. The molecule has 0 saturated heterocycles. The molecule has 2 unspecified atom stereocenters. The molecule has 0 spiro atoms. The first kappa shape index (κ1) is 14.0. The molecule has 2 rings (SSSR count). The Labute approximate surface area is 115 Å². The molecule has 2 atom stereocenters. The third-order valence-electron chi connectivity index (χ3n) is 4.25. The molecule has 1 aromatic heterocycles. The molecule has 1 heterocycles. The Morgan fingerprint density at radius 1 is 1.53 bits per heavy atom. The lowest BCUT2D eigenvalue weighted by atomic mass is 9.86. The van der Waals surface area contributed by atoms with E-state index >= 15 is 0 Å². The molecule has 0 aromatic carbocycles. The number of anilines is 1. The lowest BCUT2D eigenvalue weighted by Crippen LogP contribution is -2.40. The zero-order valence-electron chi connectivity index (χ0n) is 12.2. The van der Waals surface area contributed by atoms with Gasteiger partial charge in [0.15, 0.2) is 0 Å². The van der Waals surface area contributed by atoms with Gasteiger partial charge in [-0.05, 0) is 31.7 Å². The summed E-state index contributed by atoms with van der Waals surface area (Å²) in [5.74, 6) is 0.815. The van der Waals surface area contributed by atoms with Crippen molar-refractivity contribution < 1.29 is 4.79 Å². The first-order valence-corrected chi connectivity index (χ1v) is 7.25. The fraction of sp³-hybridized carbons (Fsp3) is 0.667. The van der Waals surface area contributed by atoms with Crippen LogP contribution in [0.5, 0.6) is 0 Å². The van der Waals surface area contributed by atoms with Crippen molar-refractivity contribution in [3.63, 3.8) is 0 Å². The molecular weight excluding hydrogens is 238 g/mol. The van der Waals surface area contributed by atoms with Crippen molar-refractivity contribution in [3.05, 3.63) is 18.0 Å². The van der Waals surface area contributed by atoms with Crippen LogP contribution < -0.4 is 5.73 Å². The molecule has 19 heavy (non-hydrogen) atoms. The maximum Gasteiger partial charge on any atom is 0.270 e. The van der Waals surface area contributed by atoms with Crippen LogP contribution in [-0.2, 0) is 6.54 Å². The van der Waals surface area contributed by atoms with Crippen LogP contribution in [0.3, 0.4) is 0 Å². The Morgan fingerprint density at radius 3 is 2.89 bits per heavy atom. The number of aromatic nitrogens is 1. The van der Waals surface area contributed by atoms with Crippen LogP contribution in [-0.4, -0.2) is 28.5 Å². The fourth-order valence-corrected chi connectivity index (χ4v) is 3.07. The average Bonchev–Trinajstić information content (AvgIpc) is 2.78. The third kappa shape index (κ3) is 2.94. The lowest BCUT2D eigenvalue weighted by Gasteiger charge is -2.34. The van der Waals surface area contributed by atoms with Gasteiger partial charge in [0.25, 0.3) is 5.91 Å². The highest BCUT2D eigenvalue weighted by atomic mass is 16.2. The summed E-state index contributed by atoms with van der Waals surface area (Å²) in [6, 6.07) is 2.16. The summed E-state index contributed by atoms with van der Waals surface area (Å²) < 4.78 is 1.93. The van der Waals surface area contributed by atoms with Crippen molar-refractivity contribution >= 4 is 11.6 Å². The summed E-state index contributed by atoms with van der Waals surface area (Å²) in [7, 11) is 1.92. The number of amides is 1. The normalized spacial score (nSPS) is 23.3. The summed E-state index contributed by atoms with van der Waals surface area (Å²) in [4.78, 5) is 14.5. The van der Waals surface area contributed by atoms with Crippen molar-refractivity contribution in [2.24, 2.45) is 5.92 Å². The van der Waals surface area contributed by atoms with Gasteiger partial charge < -0.3 is 15.2 Å². The van der Waals surface area contributed by atoms with Gasteiger partial charge >= 0.3 is 0 Å². The summed E-state index contributed by atoms with van der Waals surface area (Å²) in [5, 5.41) is 0. The van der Waals surface area contributed by atoms with Crippen molar-refractivity contribution in [1.29, 1.82) is 0 Å². The summed E-state index contributed by atoms with van der Waals surface area (Å²) in [6.07, 6.45) is 6.58. The molecular formula is C15H25N3O. The number of nitrogens with zero attached hydrogens (tertiary/aromatic N) is 2. The molecule has 2 N–H and O–H groups in total. The summed E-state index contributed by atoms with van der Waals surface area (Å²) in [6.45, 7) is 5.07. The largest absolute Gasteiger partial charge is 0.397 e. The smallest absolute Gasteiger partial charge is 0.270 e. The van der Waals surface area contributed by atoms with E-state index in [2.05, 4.69) is 6.92 Å². The first-order chi connectivity index (χ1) is 9.02. The molecule has 1 aliphatic rings.